The Kier molecular flexibility index (Phi) is 4.26. The van der Waals surface area contributed by atoms with Gasteiger partial charge in [0.2, 0.25) is 0 Å². The highest BCUT2D eigenvalue weighted by molar-refractivity contribution is 5.19. The van der Waals surface area contributed by atoms with Crippen molar-refractivity contribution in [3.05, 3.63) is 18.0 Å². The van der Waals surface area contributed by atoms with Crippen molar-refractivity contribution in [3.8, 4) is 6.07 Å². The van der Waals surface area contributed by atoms with E-state index in [2.05, 4.69) is 25.0 Å². The first-order valence-electron chi connectivity index (χ1n) is 7.27. The molecule has 1 aliphatic carbocycles. The number of hydrogen-bond donors (Lipinski definition) is 1. The number of aryl methyl sites for hydroxylation is 1. The third-order valence-corrected chi connectivity index (χ3v) is 4.40. The molecule has 4 nitrogen and oxygen atoms in total. The molecule has 0 aromatic carbocycles. The second kappa shape index (κ2) is 5.75. The van der Waals surface area contributed by atoms with Gasteiger partial charge in [-0.3, -0.25) is 4.68 Å². The van der Waals surface area contributed by atoms with Crippen LogP contribution in [0.1, 0.15) is 57.6 Å². The zero-order chi connectivity index (χ0) is 13.9. The lowest BCUT2D eigenvalue weighted by Gasteiger charge is -2.26. The highest BCUT2D eigenvalue weighted by Gasteiger charge is 2.45. The summed E-state index contributed by atoms with van der Waals surface area (Å²) in [6, 6.07) is 2.39. The average Bonchev–Trinajstić information content (AvgIpc) is 3.05. The summed E-state index contributed by atoms with van der Waals surface area (Å²) in [4.78, 5) is 0. The maximum absolute atomic E-state index is 10.6. The van der Waals surface area contributed by atoms with Gasteiger partial charge in [0.15, 0.2) is 0 Å². The van der Waals surface area contributed by atoms with E-state index >= 15 is 0 Å². The second-order valence-corrected chi connectivity index (χ2v) is 5.72. The maximum atomic E-state index is 10.6. The molecule has 1 aromatic rings. The van der Waals surface area contributed by atoms with Crippen molar-refractivity contribution in [2.75, 3.05) is 0 Å². The molecule has 2 rings (SSSR count). The molecule has 1 aromatic heterocycles. The maximum Gasteiger partial charge on any atom is 0.101 e. The Balaban J connectivity index is 2.16. The molecule has 1 heterocycles. The number of nitriles is 1. The fraction of sp³-hybridized carbons (Fsp3) is 0.733. The first-order chi connectivity index (χ1) is 9.15. The highest BCUT2D eigenvalue weighted by atomic mass is 16.3. The van der Waals surface area contributed by atoms with E-state index in [4.69, 9.17) is 0 Å². The van der Waals surface area contributed by atoms with Crippen molar-refractivity contribution < 1.29 is 5.11 Å². The third-order valence-electron chi connectivity index (χ3n) is 4.40. The molecule has 1 N–H and O–H groups in total. The molecule has 4 heteroatoms. The number of hydrogen-bond acceptors (Lipinski definition) is 3. The van der Waals surface area contributed by atoms with Gasteiger partial charge >= 0.3 is 0 Å². The van der Waals surface area contributed by atoms with E-state index in [0.29, 0.717) is 5.92 Å². The molecule has 0 saturated heterocycles. The lowest BCUT2D eigenvalue weighted by Crippen LogP contribution is -2.24. The number of aromatic nitrogens is 2. The topological polar surface area (TPSA) is 61.8 Å². The Morgan fingerprint density at radius 2 is 2.42 bits per heavy atom. The molecule has 0 amide bonds. The standard InChI is InChI=1S/C15H23N3O/c1-3-7-18-10-13(9-17-18)14(19)15(11-16)6-5-12(4-2)8-15/h9-10,12,14,19H,3-8H2,1-2H3. The molecule has 1 saturated carbocycles. The summed E-state index contributed by atoms with van der Waals surface area (Å²) >= 11 is 0. The monoisotopic (exact) mass is 261 g/mol. The second-order valence-electron chi connectivity index (χ2n) is 5.72. The summed E-state index contributed by atoms with van der Waals surface area (Å²) in [5.41, 5.74) is 0.174. The van der Waals surface area contributed by atoms with Crippen LogP contribution in [-0.4, -0.2) is 14.9 Å². The third kappa shape index (κ3) is 2.66. The van der Waals surface area contributed by atoms with Crippen LogP contribution in [0.2, 0.25) is 0 Å². The van der Waals surface area contributed by atoms with E-state index in [1.54, 1.807) is 6.20 Å². The minimum Gasteiger partial charge on any atom is -0.387 e. The Morgan fingerprint density at radius 1 is 1.63 bits per heavy atom. The normalized spacial score (nSPS) is 28.2. The summed E-state index contributed by atoms with van der Waals surface area (Å²) in [5.74, 6) is 0.569. The number of nitrogens with zero attached hydrogens (tertiary/aromatic N) is 3. The van der Waals surface area contributed by atoms with Gasteiger partial charge in [-0.15, -0.1) is 0 Å². The van der Waals surface area contributed by atoms with Crippen molar-refractivity contribution in [3.63, 3.8) is 0 Å². The zero-order valence-corrected chi connectivity index (χ0v) is 11.8. The molecule has 104 valence electrons. The van der Waals surface area contributed by atoms with E-state index in [0.717, 1.165) is 44.2 Å². The van der Waals surface area contributed by atoms with Gasteiger partial charge in [-0.25, -0.2) is 0 Å². The van der Waals surface area contributed by atoms with Crippen molar-refractivity contribution in [2.24, 2.45) is 11.3 Å². The van der Waals surface area contributed by atoms with Crippen LogP contribution < -0.4 is 0 Å². The van der Waals surface area contributed by atoms with Crippen molar-refractivity contribution in [2.45, 2.75) is 58.6 Å². The minimum absolute atomic E-state index is 0.569. The van der Waals surface area contributed by atoms with Crippen LogP contribution in [0, 0.1) is 22.7 Å². The van der Waals surface area contributed by atoms with Crippen LogP contribution >= 0.6 is 0 Å². The van der Waals surface area contributed by atoms with Crippen molar-refractivity contribution >= 4 is 0 Å². The Hall–Kier alpha value is -1.34. The van der Waals surface area contributed by atoms with Crippen LogP contribution in [0.5, 0.6) is 0 Å². The molecule has 3 atom stereocenters. The number of aliphatic hydroxyl groups excluding tert-OH is 1. The van der Waals surface area contributed by atoms with Gasteiger partial charge in [-0.05, 0) is 31.6 Å². The fourth-order valence-electron chi connectivity index (χ4n) is 3.13. The van der Waals surface area contributed by atoms with Gasteiger partial charge in [-0.1, -0.05) is 20.3 Å². The predicted molar refractivity (Wildman–Crippen MR) is 73.2 cm³/mol. The summed E-state index contributed by atoms with van der Waals surface area (Å²) in [6.45, 7) is 5.10. The smallest absolute Gasteiger partial charge is 0.101 e. The molecule has 0 bridgehead atoms. The summed E-state index contributed by atoms with van der Waals surface area (Å²) < 4.78 is 1.84. The molecular formula is C15H23N3O. The average molecular weight is 261 g/mol. The highest BCUT2D eigenvalue weighted by Crippen LogP contribution is 2.50. The lowest BCUT2D eigenvalue weighted by atomic mass is 9.78. The van der Waals surface area contributed by atoms with E-state index in [1.165, 1.54) is 0 Å². The van der Waals surface area contributed by atoms with E-state index < -0.39 is 11.5 Å². The van der Waals surface area contributed by atoms with Gasteiger partial charge in [-0.2, -0.15) is 10.4 Å². The number of aliphatic hydroxyl groups is 1. The van der Waals surface area contributed by atoms with Crippen LogP contribution in [0.3, 0.4) is 0 Å². The first kappa shape index (κ1) is 14.1. The fourth-order valence-corrected chi connectivity index (χ4v) is 3.13. The molecule has 0 aliphatic heterocycles. The van der Waals surface area contributed by atoms with E-state index in [1.807, 2.05) is 10.9 Å². The van der Waals surface area contributed by atoms with Crippen molar-refractivity contribution in [1.29, 1.82) is 5.26 Å². The molecule has 1 aliphatic rings. The molecular weight excluding hydrogens is 238 g/mol. The Labute approximate surface area is 115 Å². The van der Waals surface area contributed by atoms with Gasteiger partial charge in [0.25, 0.3) is 0 Å². The summed E-state index contributed by atoms with van der Waals surface area (Å²) in [7, 11) is 0. The van der Waals surface area contributed by atoms with Gasteiger partial charge in [0.1, 0.15) is 6.10 Å². The quantitative estimate of drug-likeness (QED) is 0.886. The molecule has 0 radical (unpaired) electrons. The first-order valence-corrected chi connectivity index (χ1v) is 7.27. The SMILES string of the molecule is CCCn1cc(C(O)C2(C#N)CCC(CC)C2)cn1. The molecule has 19 heavy (non-hydrogen) atoms. The predicted octanol–water partition coefficient (Wildman–Crippen LogP) is 3.05. The van der Waals surface area contributed by atoms with Crippen LogP contribution in [-0.2, 0) is 6.54 Å². The van der Waals surface area contributed by atoms with Crippen molar-refractivity contribution in [1.82, 2.24) is 9.78 Å². The number of rotatable bonds is 5. The minimum atomic E-state index is -0.709. The lowest BCUT2D eigenvalue weighted by molar-refractivity contribution is 0.0640. The van der Waals surface area contributed by atoms with Gasteiger partial charge in [0.05, 0.1) is 17.7 Å². The van der Waals surface area contributed by atoms with Gasteiger partial charge in [0, 0.05) is 18.3 Å². The Bertz CT molecular complexity index is 462. The van der Waals surface area contributed by atoms with Crippen LogP contribution in [0.4, 0.5) is 0 Å². The molecule has 0 spiro atoms. The Morgan fingerprint density at radius 3 is 3.00 bits per heavy atom. The van der Waals surface area contributed by atoms with Crippen LogP contribution in [0.15, 0.2) is 12.4 Å². The largest absolute Gasteiger partial charge is 0.387 e. The van der Waals surface area contributed by atoms with Gasteiger partial charge < -0.3 is 5.11 Å². The molecule has 1 fully saturated rings. The summed E-state index contributed by atoms with van der Waals surface area (Å²) in [6.07, 6.45) is 7.63. The zero-order valence-electron chi connectivity index (χ0n) is 11.8. The summed E-state index contributed by atoms with van der Waals surface area (Å²) in [5, 5.41) is 24.4. The van der Waals surface area contributed by atoms with Crippen LogP contribution in [0.25, 0.3) is 0 Å². The van der Waals surface area contributed by atoms with E-state index in [-0.39, 0.29) is 0 Å². The molecule has 3 unspecified atom stereocenters. The van der Waals surface area contributed by atoms with E-state index in [9.17, 15) is 10.4 Å².